The average Bonchev–Trinajstić information content (AvgIpc) is 2.67. The third kappa shape index (κ3) is 4.89. The number of ether oxygens (including phenoxy) is 1. The highest BCUT2D eigenvalue weighted by Gasteiger charge is 2.34. The summed E-state index contributed by atoms with van der Waals surface area (Å²) >= 11 is 1.03. The lowest BCUT2D eigenvalue weighted by atomic mass is 10.1. The van der Waals surface area contributed by atoms with Gasteiger partial charge in [0.25, 0.3) is 0 Å². The number of anilines is 2. The normalized spacial score (nSPS) is 15.9. The Morgan fingerprint density at radius 1 is 1.17 bits per heavy atom. The number of fused-ring (bicyclic) bond motifs is 1. The van der Waals surface area contributed by atoms with Crippen LogP contribution in [-0.2, 0) is 20.5 Å². The van der Waals surface area contributed by atoms with Gasteiger partial charge in [-0.3, -0.25) is 9.59 Å². The lowest BCUT2D eigenvalue weighted by molar-refractivity contribution is -0.137. The minimum absolute atomic E-state index is 0.0740. The standard InChI is InChI=1S/C19H15F3N2O4S/c1-28-18(27)10-2-5-12(6-3-10)23-16(25)9-15-17(26)24-13-8-11(19(20,21)22)4-7-14(13)29-15/h2-8,15H,9H2,1H3,(H,23,25)(H,24,26)/t15-/m1/s1. The number of hydrogen-bond acceptors (Lipinski definition) is 5. The first-order chi connectivity index (χ1) is 13.7. The molecule has 2 amide bonds. The van der Waals surface area contributed by atoms with Crippen molar-refractivity contribution in [3.63, 3.8) is 0 Å². The van der Waals surface area contributed by atoms with E-state index in [1.54, 1.807) is 0 Å². The van der Waals surface area contributed by atoms with Gasteiger partial charge in [0.05, 0.1) is 29.2 Å². The van der Waals surface area contributed by atoms with Crippen LogP contribution in [0.5, 0.6) is 0 Å². The van der Waals surface area contributed by atoms with Gasteiger partial charge in [0.15, 0.2) is 0 Å². The van der Waals surface area contributed by atoms with Crippen molar-refractivity contribution in [1.29, 1.82) is 0 Å². The number of hydrogen-bond donors (Lipinski definition) is 2. The molecule has 10 heteroatoms. The smallest absolute Gasteiger partial charge is 0.416 e. The van der Waals surface area contributed by atoms with E-state index in [0.29, 0.717) is 16.1 Å². The summed E-state index contributed by atoms with van der Waals surface area (Å²) in [5, 5.41) is 4.26. The SMILES string of the molecule is COC(=O)c1ccc(NC(=O)C[C@H]2Sc3ccc(C(F)(F)F)cc3NC2=O)cc1. The molecule has 29 heavy (non-hydrogen) atoms. The Kier molecular flexibility index (Phi) is 5.83. The van der Waals surface area contributed by atoms with E-state index in [4.69, 9.17) is 0 Å². The largest absolute Gasteiger partial charge is 0.465 e. The molecule has 3 rings (SSSR count). The van der Waals surface area contributed by atoms with E-state index < -0.39 is 34.8 Å². The number of amides is 2. The van der Waals surface area contributed by atoms with Crippen LogP contribution in [0.4, 0.5) is 24.5 Å². The molecule has 6 nitrogen and oxygen atoms in total. The van der Waals surface area contributed by atoms with Gasteiger partial charge in [-0.1, -0.05) is 0 Å². The van der Waals surface area contributed by atoms with E-state index in [2.05, 4.69) is 15.4 Å². The maximum absolute atomic E-state index is 12.8. The monoisotopic (exact) mass is 424 g/mol. The van der Waals surface area contributed by atoms with Gasteiger partial charge in [-0.15, -0.1) is 11.8 Å². The van der Waals surface area contributed by atoms with Crippen molar-refractivity contribution < 1.29 is 32.3 Å². The molecule has 0 saturated carbocycles. The quantitative estimate of drug-likeness (QED) is 0.727. The van der Waals surface area contributed by atoms with Crippen LogP contribution >= 0.6 is 11.8 Å². The van der Waals surface area contributed by atoms with Crippen LogP contribution in [0.1, 0.15) is 22.3 Å². The van der Waals surface area contributed by atoms with E-state index in [1.807, 2.05) is 0 Å². The predicted molar refractivity (Wildman–Crippen MR) is 101 cm³/mol. The highest BCUT2D eigenvalue weighted by atomic mass is 32.2. The first-order valence-corrected chi connectivity index (χ1v) is 9.22. The molecular formula is C19H15F3N2O4S. The first kappa shape index (κ1) is 20.7. The Morgan fingerprint density at radius 2 is 1.86 bits per heavy atom. The van der Waals surface area contributed by atoms with Crippen molar-refractivity contribution in [2.24, 2.45) is 0 Å². The Labute approximate surface area is 167 Å². The lowest BCUT2D eigenvalue weighted by Gasteiger charge is -2.24. The number of carbonyl (C=O) groups is 3. The molecule has 0 saturated heterocycles. The predicted octanol–water partition coefficient (Wildman–Crippen LogP) is 3.93. The number of halogens is 3. The number of carbonyl (C=O) groups excluding carboxylic acids is 3. The molecule has 152 valence electrons. The molecule has 0 unspecified atom stereocenters. The van der Waals surface area contributed by atoms with Gasteiger partial charge in [0, 0.05) is 17.0 Å². The van der Waals surface area contributed by atoms with E-state index in [9.17, 15) is 27.6 Å². The molecule has 1 aliphatic heterocycles. The summed E-state index contributed by atoms with van der Waals surface area (Å²) < 4.78 is 43.0. The van der Waals surface area contributed by atoms with Gasteiger partial charge >= 0.3 is 12.1 Å². The van der Waals surface area contributed by atoms with Crippen molar-refractivity contribution in [3.05, 3.63) is 53.6 Å². The van der Waals surface area contributed by atoms with E-state index in [0.717, 1.165) is 23.9 Å². The minimum atomic E-state index is -4.51. The third-order valence-corrected chi connectivity index (χ3v) is 5.36. The highest BCUT2D eigenvalue weighted by molar-refractivity contribution is 8.01. The molecule has 0 bridgehead atoms. The second-order valence-electron chi connectivity index (χ2n) is 6.13. The molecule has 1 heterocycles. The van der Waals surface area contributed by atoms with Crippen molar-refractivity contribution >= 4 is 40.9 Å². The molecule has 1 atom stereocenters. The fraction of sp³-hybridized carbons (Fsp3) is 0.211. The molecule has 0 radical (unpaired) electrons. The minimum Gasteiger partial charge on any atom is -0.465 e. The third-order valence-electron chi connectivity index (χ3n) is 4.09. The van der Waals surface area contributed by atoms with Crippen LogP contribution in [0.15, 0.2) is 47.4 Å². The van der Waals surface area contributed by atoms with Gasteiger partial charge in [0.2, 0.25) is 11.8 Å². The topological polar surface area (TPSA) is 84.5 Å². The molecule has 0 aliphatic carbocycles. The summed E-state index contributed by atoms with van der Waals surface area (Å²) in [5.74, 6) is -1.50. The van der Waals surface area contributed by atoms with Crippen molar-refractivity contribution in [2.45, 2.75) is 22.7 Å². The maximum Gasteiger partial charge on any atom is 0.416 e. The van der Waals surface area contributed by atoms with Crippen LogP contribution in [0, 0.1) is 0 Å². The maximum atomic E-state index is 12.8. The summed E-state index contributed by atoms with van der Waals surface area (Å²) in [5.41, 5.74) is -0.0322. The number of rotatable bonds is 4. The van der Waals surface area contributed by atoms with Crippen LogP contribution in [0.2, 0.25) is 0 Å². The Hall–Kier alpha value is -3.01. The number of benzene rings is 2. The average molecular weight is 424 g/mol. The van der Waals surface area contributed by atoms with Crippen molar-refractivity contribution in [1.82, 2.24) is 0 Å². The zero-order valence-electron chi connectivity index (χ0n) is 15.0. The molecule has 0 fully saturated rings. The molecule has 0 aromatic heterocycles. The highest BCUT2D eigenvalue weighted by Crippen LogP contribution is 2.40. The lowest BCUT2D eigenvalue weighted by Crippen LogP contribution is -2.32. The Morgan fingerprint density at radius 3 is 2.48 bits per heavy atom. The molecule has 1 aliphatic rings. The van der Waals surface area contributed by atoms with Gasteiger partial charge in [0.1, 0.15) is 0 Å². The van der Waals surface area contributed by atoms with Crippen LogP contribution < -0.4 is 10.6 Å². The Balaban J connectivity index is 1.64. The van der Waals surface area contributed by atoms with Gasteiger partial charge in [-0.25, -0.2) is 4.79 Å². The van der Waals surface area contributed by atoms with Gasteiger partial charge in [-0.05, 0) is 42.5 Å². The van der Waals surface area contributed by atoms with E-state index >= 15 is 0 Å². The Bertz CT molecular complexity index is 961. The van der Waals surface area contributed by atoms with Crippen molar-refractivity contribution in [3.8, 4) is 0 Å². The fourth-order valence-corrected chi connectivity index (χ4v) is 3.74. The zero-order valence-corrected chi connectivity index (χ0v) is 15.8. The van der Waals surface area contributed by atoms with Crippen LogP contribution in [0.25, 0.3) is 0 Å². The van der Waals surface area contributed by atoms with E-state index in [-0.39, 0.29) is 12.1 Å². The molecule has 2 aromatic carbocycles. The van der Waals surface area contributed by atoms with E-state index in [1.165, 1.54) is 37.4 Å². The summed E-state index contributed by atoms with van der Waals surface area (Å²) in [6.45, 7) is 0. The first-order valence-electron chi connectivity index (χ1n) is 8.34. The van der Waals surface area contributed by atoms with Crippen molar-refractivity contribution in [2.75, 3.05) is 17.7 Å². The summed E-state index contributed by atoms with van der Waals surface area (Å²) in [7, 11) is 1.26. The summed E-state index contributed by atoms with van der Waals surface area (Å²) in [6, 6.07) is 9.09. The van der Waals surface area contributed by atoms with Gasteiger partial charge < -0.3 is 15.4 Å². The van der Waals surface area contributed by atoms with Crippen LogP contribution in [-0.4, -0.2) is 30.1 Å². The summed E-state index contributed by atoms with van der Waals surface area (Å²) in [4.78, 5) is 36.3. The number of methoxy groups -OCH3 is 1. The number of alkyl halides is 3. The molecular weight excluding hydrogens is 409 g/mol. The molecule has 2 N–H and O–H groups in total. The number of thioether (sulfide) groups is 1. The second kappa shape index (κ2) is 8.16. The number of esters is 1. The van der Waals surface area contributed by atoms with Gasteiger partial charge in [-0.2, -0.15) is 13.2 Å². The fourth-order valence-electron chi connectivity index (χ4n) is 2.65. The zero-order chi connectivity index (χ0) is 21.2. The summed E-state index contributed by atoms with van der Waals surface area (Å²) in [6.07, 6.45) is -4.68. The van der Waals surface area contributed by atoms with Crippen LogP contribution in [0.3, 0.4) is 0 Å². The molecule has 0 spiro atoms. The molecule has 2 aromatic rings. The second-order valence-corrected chi connectivity index (χ2v) is 7.37. The number of nitrogens with one attached hydrogen (secondary N) is 2.